The second kappa shape index (κ2) is 8.78. The standard InChI is InChI=1S/C35H21ClO7/c1-34-22-6-2-4-8-24(22)35(43-42-34,25-9-5-3-7-23(25)34)26-14-20-30(16-28(26)37)41-31-17-29(38)27(36)15-21(31)32(20)18-10-12-19(13-11-18)33(39)40/h2-17,38H,1H3,(H,39,40). The number of carboxylic acids is 1. The van der Waals surface area contributed by atoms with Crippen molar-refractivity contribution in [1.82, 2.24) is 0 Å². The molecule has 210 valence electrons. The number of halogens is 1. The van der Waals surface area contributed by atoms with E-state index in [1.807, 2.05) is 55.5 Å². The van der Waals surface area contributed by atoms with E-state index in [-0.39, 0.29) is 27.5 Å². The van der Waals surface area contributed by atoms with Crippen LogP contribution in [0.5, 0.6) is 5.75 Å². The van der Waals surface area contributed by atoms with Crippen molar-refractivity contribution >= 4 is 28.5 Å². The lowest BCUT2D eigenvalue weighted by Crippen LogP contribution is -2.53. The SMILES string of the molecule is CC12OOC(c3cc4c(-c5ccc(C(=O)O)cc5)c5cc(Cl)c(O)cc5oc-4cc3=O)(c3ccccc31)c1ccccc12. The van der Waals surface area contributed by atoms with E-state index in [2.05, 4.69) is 0 Å². The van der Waals surface area contributed by atoms with Gasteiger partial charge < -0.3 is 14.6 Å². The maximum Gasteiger partial charge on any atom is 0.335 e. The smallest absolute Gasteiger partial charge is 0.335 e. The average molecular weight is 589 g/mol. The van der Waals surface area contributed by atoms with Gasteiger partial charge in [-0.15, -0.1) is 0 Å². The van der Waals surface area contributed by atoms with E-state index >= 15 is 0 Å². The number of fused-ring (bicyclic) bond motifs is 3. The Balaban J connectivity index is 1.50. The predicted molar refractivity (Wildman–Crippen MR) is 160 cm³/mol. The molecule has 4 aromatic rings. The number of phenolic OH excluding ortho intramolecular Hbond substituents is 1. The van der Waals surface area contributed by atoms with Crippen LogP contribution in [0.15, 0.2) is 106 Å². The van der Waals surface area contributed by atoms with Crippen LogP contribution in [0.4, 0.5) is 0 Å². The molecule has 5 aliphatic rings. The monoisotopic (exact) mass is 588 g/mol. The third-order valence-electron chi connectivity index (χ3n) is 8.66. The number of phenols is 1. The summed E-state index contributed by atoms with van der Waals surface area (Å²) in [6, 6.07) is 28.1. The van der Waals surface area contributed by atoms with Crippen LogP contribution in [-0.4, -0.2) is 16.2 Å². The molecule has 4 aromatic carbocycles. The summed E-state index contributed by atoms with van der Waals surface area (Å²) in [5.41, 5.74) is 3.46. The van der Waals surface area contributed by atoms with E-state index in [4.69, 9.17) is 25.8 Å². The van der Waals surface area contributed by atoms with Crippen LogP contribution in [0.1, 0.15) is 45.1 Å². The van der Waals surface area contributed by atoms with E-state index in [1.165, 1.54) is 24.3 Å². The van der Waals surface area contributed by atoms with Crippen LogP contribution >= 0.6 is 11.6 Å². The molecule has 0 amide bonds. The molecule has 2 N–H and O–H groups in total. The van der Waals surface area contributed by atoms with Crippen molar-refractivity contribution < 1.29 is 29.2 Å². The van der Waals surface area contributed by atoms with Gasteiger partial charge in [-0.2, -0.15) is 0 Å². The predicted octanol–water partition coefficient (Wildman–Crippen LogP) is 7.45. The van der Waals surface area contributed by atoms with E-state index in [1.54, 1.807) is 24.3 Å². The fourth-order valence-electron chi connectivity index (χ4n) is 6.66. The van der Waals surface area contributed by atoms with E-state index in [0.29, 0.717) is 33.2 Å². The summed E-state index contributed by atoms with van der Waals surface area (Å²) >= 11 is 6.36. The van der Waals surface area contributed by atoms with Gasteiger partial charge in [0, 0.05) is 45.3 Å². The molecule has 43 heavy (non-hydrogen) atoms. The number of rotatable bonds is 3. The first-order valence-electron chi connectivity index (χ1n) is 13.6. The van der Waals surface area contributed by atoms with Gasteiger partial charge in [0.25, 0.3) is 0 Å². The van der Waals surface area contributed by atoms with Crippen LogP contribution in [0.2, 0.25) is 5.02 Å². The Bertz CT molecular complexity index is 2130. The second-order valence-corrected chi connectivity index (χ2v) is 11.4. The van der Waals surface area contributed by atoms with Gasteiger partial charge in [0.15, 0.2) is 16.6 Å². The molecule has 0 saturated carbocycles. The van der Waals surface area contributed by atoms with Gasteiger partial charge in [0.05, 0.1) is 10.6 Å². The van der Waals surface area contributed by atoms with Crippen molar-refractivity contribution in [3.05, 3.63) is 146 Å². The summed E-state index contributed by atoms with van der Waals surface area (Å²) in [7, 11) is 0. The fraction of sp³-hybridized carbons (Fsp3) is 0.0857. The maximum absolute atomic E-state index is 14.1. The summed E-state index contributed by atoms with van der Waals surface area (Å²) < 4.78 is 6.18. The molecule has 2 bridgehead atoms. The number of carbonyl (C=O) groups is 1. The van der Waals surface area contributed by atoms with Crippen molar-refractivity contribution in [2.24, 2.45) is 0 Å². The second-order valence-electron chi connectivity index (χ2n) is 11.0. The molecule has 3 heterocycles. The van der Waals surface area contributed by atoms with Gasteiger partial charge in [0.1, 0.15) is 17.1 Å². The Morgan fingerprint density at radius 1 is 0.791 bits per heavy atom. The van der Waals surface area contributed by atoms with Gasteiger partial charge in [-0.1, -0.05) is 72.3 Å². The molecule has 0 aromatic heterocycles. The maximum atomic E-state index is 14.1. The highest BCUT2D eigenvalue weighted by Gasteiger charge is 2.58. The van der Waals surface area contributed by atoms with Crippen molar-refractivity contribution in [2.75, 3.05) is 0 Å². The molecule has 0 atom stereocenters. The average Bonchev–Trinajstić information content (AvgIpc) is 3.01. The van der Waals surface area contributed by atoms with Crippen molar-refractivity contribution in [1.29, 1.82) is 0 Å². The lowest BCUT2D eigenvalue weighted by Gasteiger charge is -2.52. The first-order chi connectivity index (χ1) is 20.7. The molecule has 9 rings (SSSR count). The zero-order valence-corrected chi connectivity index (χ0v) is 23.3. The van der Waals surface area contributed by atoms with Crippen LogP contribution < -0.4 is 5.43 Å². The Kier molecular flexibility index (Phi) is 5.26. The highest BCUT2D eigenvalue weighted by Crippen LogP contribution is 2.58. The number of carboxylic acid groups (broad SMARTS) is 1. The third kappa shape index (κ3) is 3.38. The topological polar surface area (TPSA) is 106 Å². The first kappa shape index (κ1) is 25.7. The zero-order chi connectivity index (χ0) is 29.7. The van der Waals surface area contributed by atoms with Gasteiger partial charge in [-0.3, -0.25) is 4.79 Å². The minimum atomic E-state index is -1.37. The highest BCUT2D eigenvalue weighted by atomic mass is 35.5. The molecule has 0 fully saturated rings. The minimum Gasteiger partial charge on any atom is -0.506 e. The molecule has 2 aliphatic carbocycles. The van der Waals surface area contributed by atoms with Crippen LogP contribution in [0.3, 0.4) is 0 Å². The van der Waals surface area contributed by atoms with Gasteiger partial charge >= 0.3 is 5.97 Å². The van der Waals surface area contributed by atoms with E-state index in [9.17, 15) is 19.8 Å². The molecular weight excluding hydrogens is 568 g/mol. The molecule has 7 nitrogen and oxygen atoms in total. The van der Waals surface area contributed by atoms with Gasteiger partial charge in [-0.25, -0.2) is 14.6 Å². The summed E-state index contributed by atoms with van der Waals surface area (Å²) in [5, 5.41) is 20.5. The minimum absolute atomic E-state index is 0.114. The highest BCUT2D eigenvalue weighted by molar-refractivity contribution is 6.33. The quantitative estimate of drug-likeness (QED) is 0.163. The summed E-state index contributed by atoms with van der Waals surface area (Å²) in [6.07, 6.45) is 0. The molecule has 8 heteroatoms. The third-order valence-corrected chi connectivity index (χ3v) is 8.97. The van der Waals surface area contributed by atoms with Gasteiger partial charge in [-0.05, 0) is 47.9 Å². The van der Waals surface area contributed by atoms with Gasteiger partial charge in [0.2, 0.25) is 0 Å². The largest absolute Gasteiger partial charge is 0.506 e. The van der Waals surface area contributed by atoms with Crippen molar-refractivity contribution in [2.45, 2.75) is 18.1 Å². The van der Waals surface area contributed by atoms with E-state index in [0.717, 1.165) is 22.3 Å². The normalized spacial score (nSPS) is 20.2. The number of hydrogen-bond donors (Lipinski definition) is 2. The Morgan fingerprint density at radius 2 is 1.42 bits per heavy atom. The molecule has 0 radical (unpaired) electrons. The Morgan fingerprint density at radius 3 is 2.05 bits per heavy atom. The number of hydrogen-bond acceptors (Lipinski definition) is 6. The number of aromatic hydroxyl groups is 1. The molecular formula is C35H21ClO7. The van der Waals surface area contributed by atoms with Crippen LogP contribution in [0.25, 0.3) is 33.4 Å². The van der Waals surface area contributed by atoms with Crippen LogP contribution in [0, 0.1) is 0 Å². The first-order valence-corrected chi connectivity index (χ1v) is 13.9. The summed E-state index contributed by atoms with van der Waals surface area (Å²) in [4.78, 5) is 38.1. The molecule has 3 aliphatic heterocycles. The number of benzene rings is 5. The van der Waals surface area contributed by atoms with E-state index < -0.39 is 17.2 Å². The van der Waals surface area contributed by atoms with Crippen molar-refractivity contribution in [3.63, 3.8) is 0 Å². The number of aromatic carboxylic acids is 1. The summed E-state index contributed by atoms with van der Waals surface area (Å²) in [6.45, 7) is 1.95. The molecule has 0 spiro atoms. The van der Waals surface area contributed by atoms with Crippen LogP contribution in [-0.2, 0) is 21.0 Å². The Hall–Kier alpha value is -4.95. The zero-order valence-electron chi connectivity index (χ0n) is 22.6. The molecule has 0 unspecified atom stereocenters. The lowest BCUT2D eigenvalue weighted by molar-refractivity contribution is -0.415. The Labute approximate surface area is 249 Å². The van der Waals surface area contributed by atoms with Crippen molar-refractivity contribution in [3.8, 4) is 28.2 Å². The fourth-order valence-corrected chi connectivity index (χ4v) is 6.82. The lowest BCUT2D eigenvalue weighted by atomic mass is 9.64. The molecule has 0 saturated heterocycles. The summed E-state index contributed by atoms with van der Waals surface area (Å²) in [5.74, 6) is -0.949.